The highest BCUT2D eigenvalue weighted by Crippen LogP contribution is 2.11. The molecule has 1 aromatic carbocycles. The van der Waals surface area contributed by atoms with Gasteiger partial charge in [0.1, 0.15) is 5.82 Å². The van der Waals surface area contributed by atoms with Crippen LogP contribution in [0.4, 0.5) is 4.39 Å². The fourth-order valence-electron chi connectivity index (χ4n) is 0.912. The van der Waals surface area contributed by atoms with E-state index in [0.29, 0.717) is 6.29 Å². The number of halogens is 1. The molecule has 0 atom stereocenters. The fraction of sp³-hybridized carbons (Fsp3) is 0.111. The summed E-state index contributed by atoms with van der Waals surface area (Å²) in [5.74, 6) is -0.589. The highest BCUT2D eigenvalue weighted by molar-refractivity contribution is 5.75. The number of benzene rings is 1. The van der Waals surface area contributed by atoms with Crippen molar-refractivity contribution in [1.82, 2.24) is 0 Å². The first-order chi connectivity index (χ1) is 5.79. The third-order valence-corrected chi connectivity index (χ3v) is 1.51. The van der Waals surface area contributed by atoms with E-state index in [1.165, 1.54) is 12.1 Å². The van der Waals surface area contributed by atoms with Gasteiger partial charge in [-0.25, -0.2) is 4.39 Å². The van der Waals surface area contributed by atoms with Gasteiger partial charge in [0.25, 0.3) is 0 Å². The van der Waals surface area contributed by atoms with Crippen molar-refractivity contribution in [2.45, 2.75) is 6.42 Å². The number of hydrogen-bond acceptors (Lipinski definition) is 2. The Balaban J connectivity index is 3.15. The third kappa shape index (κ3) is 1.48. The van der Waals surface area contributed by atoms with Gasteiger partial charge >= 0.3 is 0 Å². The molecule has 0 bridgehead atoms. The highest BCUT2D eigenvalue weighted by Gasteiger charge is 2.05. The Morgan fingerprint density at radius 2 is 2.33 bits per heavy atom. The molecule has 0 aliphatic heterocycles. The number of nitriles is 1. The first-order valence-electron chi connectivity index (χ1n) is 3.39. The summed E-state index contributed by atoms with van der Waals surface area (Å²) in [5, 5.41) is 8.30. The number of aldehydes is 1. The second-order valence-corrected chi connectivity index (χ2v) is 2.27. The van der Waals surface area contributed by atoms with Crippen LogP contribution in [0.2, 0.25) is 0 Å². The lowest BCUT2D eigenvalue weighted by Crippen LogP contribution is -1.94. The van der Waals surface area contributed by atoms with Gasteiger partial charge in [-0.2, -0.15) is 5.26 Å². The second kappa shape index (κ2) is 3.63. The van der Waals surface area contributed by atoms with Crippen molar-refractivity contribution >= 4 is 6.29 Å². The Kier molecular flexibility index (Phi) is 2.54. The molecule has 0 heterocycles. The van der Waals surface area contributed by atoms with Crippen LogP contribution in [0.25, 0.3) is 0 Å². The molecule has 0 radical (unpaired) electrons. The van der Waals surface area contributed by atoms with E-state index in [-0.39, 0.29) is 17.5 Å². The van der Waals surface area contributed by atoms with Crippen molar-refractivity contribution in [3.63, 3.8) is 0 Å². The maximum atomic E-state index is 13.1. The normalized spacial score (nSPS) is 9.00. The van der Waals surface area contributed by atoms with Crippen LogP contribution in [0.15, 0.2) is 18.2 Å². The predicted octanol–water partition coefficient (Wildman–Crippen LogP) is 1.70. The first kappa shape index (κ1) is 8.41. The molecule has 3 heteroatoms. The van der Waals surface area contributed by atoms with Gasteiger partial charge in [0, 0.05) is 5.56 Å². The monoisotopic (exact) mass is 163 g/mol. The van der Waals surface area contributed by atoms with E-state index in [9.17, 15) is 9.18 Å². The molecule has 0 unspecified atom stereocenters. The molecule has 2 nitrogen and oxygen atoms in total. The van der Waals surface area contributed by atoms with Gasteiger partial charge in [-0.3, -0.25) is 4.79 Å². The van der Waals surface area contributed by atoms with Crippen LogP contribution < -0.4 is 0 Å². The zero-order valence-electron chi connectivity index (χ0n) is 6.25. The SMILES string of the molecule is N#CCc1cccc(C=O)c1F. The standard InChI is InChI=1S/C9H6FNO/c10-9-7(4-5-11)2-1-3-8(9)6-12/h1-3,6H,4H2. The molecule has 1 rings (SSSR count). The summed E-state index contributed by atoms with van der Waals surface area (Å²) in [6.45, 7) is 0. The first-order valence-corrected chi connectivity index (χ1v) is 3.39. The van der Waals surface area contributed by atoms with Gasteiger partial charge in [0.2, 0.25) is 0 Å². The van der Waals surface area contributed by atoms with Gasteiger partial charge in [0.05, 0.1) is 18.1 Å². The maximum Gasteiger partial charge on any atom is 0.153 e. The summed E-state index contributed by atoms with van der Waals surface area (Å²) in [4.78, 5) is 10.3. The number of rotatable bonds is 2. The van der Waals surface area contributed by atoms with E-state index in [1.807, 2.05) is 6.07 Å². The Bertz CT molecular complexity index is 341. The molecule has 0 aromatic heterocycles. The van der Waals surface area contributed by atoms with Crippen LogP contribution in [0, 0.1) is 17.1 Å². The van der Waals surface area contributed by atoms with E-state index < -0.39 is 5.82 Å². The third-order valence-electron chi connectivity index (χ3n) is 1.51. The van der Waals surface area contributed by atoms with Crippen molar-refractivity contribution in [2.75, 3.05) is 0 Å². The van der Waals surface area contributed by atoms with Gasteiger partial charge in [-0.1, -0.05) is 12.1 Å². The summed E-state index contributed by atoms with van der Waals surface area (Å²) < 4.78 is 13.1. The molecular weight excluding hydrogens is 157 g/mol. The predicted molar refractivity (Wildman–Crippen MR) is 41.1 cm³/mol. The van der Waals surface area contributed by atoms with Gasteiger partial charge in [0.15, 0.2) is 6.29 Å². The maximum absolute atomic E-state index is 13.1. The van der Waals surface area contributed by atoms with Gasteiger partial charge in [-0.15, -0.1) is 0 Å². The number of nitrogens with zero attached hydrogens (tertiary/aromatic N) is 1. The summed E-state index contributed by atoms with van der Waals surface area (Å²) >= 11 is 0. The molecule has 0 aliphatic rings. The van der Waals surface area contributed by atoms with Crippen LogP contribution >= 0.6 is 0 Å². The molecule has 0 saturated heterocycles. The lowest BCUT2D eigenvalue weighted by molar-refractivity contribution is 0.111. The van der Waals surface area contributed by atoms with E-state index in [4.69, 9.17) is 5.26 Å². The molecule has 0 fully saturated rings. The Morgan fingerprint density at radius 1 is 1.58 bits per heavy atom. The van der Waals surface area contributed by atoms with Crippen molar-refractivity contribution < 1.29 is 9.18 Å². The smallest absolute Gasteiger partial charge is 0.153 e. The fourth-order valence-corrected chi connectivity index (χ4v) is 0.912. The molecule has 60 valence electrons. The Labute approximate surface area is 69.2 Å². The Morgan fingerprint density at radius 3 is 2.92 bits per heavy atom. The minimum atomic E-state index is -0.589. The summed E-state index contributed by atoms with van der Waals surface area (Å²) in [6.07, 6.45) is 0.434. The molecule has 1 aromatic rings. The van der Waals surface area contributed by atoms with Crippen molar-refractivity contribution in [2.24, 2.45) is 0 Å². The van der Waals surface area contributed by atoms with E-state index >= 15 is 0 Å². The molecule has 0 amide bonds. The van der Waals surface area contributed by atoms with Gasteiger partial charge < -0.3 is 0 Å². The molecule has 0 N–H and O–H groups in total. The summed E-state index contributed by atoms with van der Waals surface area (Å²) in [5.41, 5.74) is 0.268. The summed E-state index contributed by atoms with van der Waals surface area (Å²) in [6, 6.07) is 6.25. The van der Waals surface area contributed by atoms with Crippen LogP contribution in [0.5, 0.6) is 0 Å². The van der Waals surface area contributed by atoms with E-state index in [1.54, 1.807) is 6.07 Å². The number of carbonyl (C=O) groups excluding carboxylic acids is 1. The molecular formula is C9H6FNO. The molecule has 0 aliphatic carbocycles. The van der Waals surface area contributed by atoms with E-state index in [0.717, 1.165) is 0 Å². The Hall–Kier alpha value is -1.69. The van der Waals surface area contributed by atoms with Crippen LogP contribution in [-0.4, -0.2) is 6.29 Å². The van der Waals surface area contributed by atoms with Crippen molar-refractivity contribution in [3.05, 3.63) is 35.1 Å². The second-order valence-electron chi connectivity index (χ2n) is 2.27. The lowest BCUT2D eigenvalue weighted by Gasteiger charge is -1.98. The molecule has 0 saturated carbocycles. The minimum Gasteiger partial charge on any atom is -0.298 e. The quantitative estimate of drug-likeness (QED) is 0.622. The highest BCUT2D eigenvalue weighted by atomic mass is 19.1. The van der Waals surface area contributed by atoms with Crippen molar-refractivity contribution in [1.29, 1.82) is 5.26 Å². The average Bonchev–Trinajstić information content (AvgIpc) is 2.09. The van der Waals surface area contributed by atoms with Gasteiger partial charge in [-0.05, 0) is 6.07 Å². The van der Waals surface area contributed by atoms with Crippen molar-refractivity contribution in [3.8, 4) is 6.07 Å². The largest absolute Gasteiger partial charge is 0.298 e. The van der Waals surface area contributed by atoms with Crippen LogP contribution in [0.1, 0.15) is 15.9 Å². The molecule has 0 spiro atoms. The lowest BCUT2D eigenvalue weighted by atomic mass is 10.1. The zero-order chi connectivity index (χ0) is 8.97. The van der Waals surface area contributed by atoms with Crippen LogP contribution in [-0.2, 0) is 6.42 Å². The number of hydrogen-bond donors (Lipinski definition) is 0. The topological polar surface area (TPSA) is 40.9 Å². The van der Waals surface area contributed by atoms with E-state index in [2.05, 4.69) is 0 Å². The van der Waals surface area contributed by atoms with Crippen LogP contribution in [0.3, 0.4) is 0 Å². The number of carbonyl (C=O) groups is 1. The zero-order valence-corrected chi connectivity index (χ0v) is 6.25. The summed E-state index contributed by atoms with van der Waals surface area (Å²) in [7, 11) is 0. The average molecular weight is 163 g/mol. The molecule has 12 heavy (non-hydrogen) atoms. The minimum absolute atomic E-state index is 0.00255.